The summed E-state index contributed by atoms with van der Waals surface area (Å²) in [6, 6.07) is 6.16. The van der Waals surface area contributed by atoms with Crippen LogP contribution in [-0.4, -0.2) is 52.3 Å². The Morgan fingerprint density at radius 2 is 1.83 bits per heavy atom. The van der Waals surface area contributed by atoms with Gasteiger partial charge < -0.3 is 19.8 Å². The van der Waals surface area contributed by atoms with Crippen LogP contribution in [0.5, 0.6) is 0 Å². The van der Waals surface area contributed by atoms with Crippen molar-refractivity contribution in [3.05, 3.63) is 28.9 Å². The third kappa shape index (κ3) is 6.62. The highest BCUT2D eigenvalue weighted by Gasteiger charge is 2.31. The number of nitrogens with one attached hydrogen (secondary N) is 1. The molecule has 0 atom stereocenters. The average Bonchev–Trinajstić information content (AvgIpc) is 3.28. The number of fused-ring (bicyclic) bond motifs is 1. The quantitative estimate of drug-likeness (QED) is 0.468. The minimum Gasteiger partial charge on any atom is -0.390 e. The van der Waals surface area contributed by atoms with Crippen molar-refractivity contribution >= 4 is 28.5 Å². The lowest BCUT2D eigenvalue weighted by molar-refractivity contribution is -0.123. The van der Waals surface area contributed by atoms with Crippen molar-refractivity contribution in [3.8, 4) is 0 Å². The van der Waals surface area contributed by atoms with Gasteiger partial charge in [0, 0.05) is 34.9 Å². The van der Waals surface area contributed by atoms with E-state index in [1.54, 1.807) is 0 Å². The number of hydrogen-bond acceptors (Lipinski definition) is 5. The van der Waals surface area contributed by atoms with E-state index in [2.05, 4.69) is 15.4 Å². The normalized spacial score (nSPS) is 30.5. The first-order valence-electron chi connectivity index (χ1n) is 14.1. The highest BCUT2D eigenvalue weighted by Crippen LogP contribution is 2.35. The summed E-state index contributed by atoms with van der Waals surface area (Å²) in [6.07, 6.45) is 12.4. The number of hydrogen-bond donors (Lipinski definition) is 2. The Morgan fingerprint density at radius 3 is 2.56 bits per heavy atom. The number of piperidine rings is 1. The molecule has 1 amide bonds. The summed E-state index contributed by atoms with van der Waals surface area (Å²) >= 11 is 6.09. The van der Waals surface area contributed by atoms with Crippen molar-refractivity contribution in [3.63, 3.8) is 0 Å². The SMILES string of the molecule is CC1(O)CCC(CC(=O)NC2CCC(CCN3CCC(c4noc5cc(Cl)ccc45)CC3)CC2)CC1. The zero-order valence-corrected chi connectivity index (χ0v) is 22.4. The number of aliphatic hydroxyl groups is 1. The van der Waals surface area contributed by atoms with E-state index in [9.17, 15) is 9.90 Å². The molecular formula is C29H42ClN3O3. The molecule has 1 aromatic carbocycles. The van der Waals surface area contributed by atoms with Crippen molar-refractivity contribution in [2.24, 2.45) is 11.8 Å². The fraction of sp³-hybridized carbons (Fsp3) is 0.724. The number of likely N-dealkylation sites (tertiary alicyclic amines) is 1. The lowest BCUT2D eigenvalue weighted by Gasteiger charge is -2.34. The van der Waals surface area contributed by atoms with E-state index in [0.717, 1.165) is 87.0 Å². The third-order valence-corrected chi connectivity index (χ3v) is 9.39. The van der Waals surface area contributed by atoms with Crippen LogP contribution < -0.4 is 5.32 Å². The molecule has 3 aliphatic rings. The molecule has 3 fully saturated rings. The largest absolute Gasteiger partial charge is 0.390 e. The van der Waals surface area contributed by atoms with Crippen LogP contribution in [0.4, 0.5) is 0 Å². The molecular weight excluding hydrogens is 474 g/mol. The Hall–Kier alpha value is -1.63. The van der Waals surface area contributed by atoms with Gasteiger partial charge >= 0.3 is 0 Å². The second kappa shape index (κ2) is 11.4. The molecule has 6 nitrogen and oxygen atoms in total. The number of carbonyl (C=O) groups is 1. The van der Waals surface area contributed by atoms with Gasteiger partial charge in [0.2, 0.25) is 5.91 Å². The van der Waals surface area contributed by atoms with Crippen LogP contribution in [-0.2, 0) is 4.79 Å². The first kappa shape index (κ1) is 26.0. The van der Waals surface area contributed by atoms with E-state index >= 15 is 0 Å². The zero-order valence-electron chi connectivity index (χ0n) is 21.7. The molecule has 36 heavy (non-hydrogen) atoms. The molecule has 198 valence electrons. The van der Waals surface area contributed by atoms with Crippen molar-refractivity contribution in [1.29, 1.82) is 0 Å². The molecule has 2 heterocycles. The van der Waals surface area contributed by atoms with Crippen LogP contribution in [0, 0.1) is 11.8 Å². The van der Waals surface area contributed by atoms with Gasteiger partial charge in [-0.05, 0) is 121 Å². The molecule has 0 spiro atoms. The number of amides is 1. The lowest BCUT2D eigenvalue weighted by Crippen LogP contribution is -2.40. The van der Waals surface area contributed by atoms with Crippen molar-refractivity contribution in [2.75, 3.05) is 19.6 Å². The molecule has 0 radical (unpaired) electrons. The first-order valence-corrected chi connectivity index (χ1v) is 14.5. The molecule has 1 saturated heterocycles. The summed E-state index contributed by atoms with van der Waals surface area (Å²) in [6.45, 7) is 5.33. The van der Waals surface area contributed by atoms with Gasteiger partial charge in [-0.1, -0.05) is 16.8 Å². The molecule has 1 aliphatic heterocycles. The van der Waals surface area contributed by atoms with Crippen LogP contribution >= 0.6 is 11.6 Å². The van der Waals surface area contributed by atoms with Gasteiger partial charge in [0.15, 0.2) is 5.58 Å². The minimum absolute atomic E-state index is 0.218. The van der Waals surface area contributed by atoms with Gasteiger partial charge in [-0.25, -0.2) is 0 Å². The summed E-state index contributed by atoms with van der Waals surface area (Å²) in [5.41, 5.74) is 1.36. The predicted molar refractivity (Wildman–Crippen MR) is 143 cm³/mol. The number of halogens is 1. The maximum atomic E-state index is 12.6. The highest BCUT2D eigenvalue weighted by molar-refractivity contribution is 6.31. The summed E-state index contributed by atoms with van der Waals surface area (Å²) in [7, 11) is 0. The van der Waals surface area contributed by atoms with Crippen LogP contribution in [0.1, 0.15) is 95.6 Å². The predicted octanol–water partition coefficient (Wildman–Crippen LogP) is 6.06. The Bertz CT molecular complexity index is 1010. The second-order valence-electron chi connectivity index (χ2n) is 12.0. The summed E-state index contributed by atoms with van der Waals surface area (Å²) in [4.78, 5) is 15.2. The first-order chi connectivity index (χ1) is 17.3. The molecule has 2 saturated carbocycles. The van der Waals surface area contributed by atoms with Gasteiger partial charge in [0.05, 0.1) is 11.3 Å². The second-order valence-corrected chi connectivity index (χ2v) is 12.5. The van der Waals surface area contributed by atoms with Crippen molar-refractivity contribution in [2.45, 2.75) is 102 Å². The van der Waals surface area contributed by atoms with Crippen molar-refractivity contribution < 1.29 is 14.4 Å². The summed E-state index contributed by atoms with van der Waals surface area (Å²) < 4.78 is 5.53. The minimum atomic E-state index is -0.525. The monoisotopic (exact) mass is 515 g/mol. The van der Waals surface area contributed by atoms with Gasteiger partial charge in [0.25, 0.3) is 0 Å². The third-order valence-electron chi connectivity index (χ3n) is 9.16. The number of aromatic nitrogens is 1. The Balaban J connectivity index is 0.978. The fourth-order valence-corrected chi connectivity index (χ4v) is 6.83. The highest BCUT2D eigenvalue weighted by atomic mass is 35.5. The molecule has 0 bridgehead atoms. The topological polar surface area (TPSA) is 78.6 Å². The van der Waals surface area contributed by atoms with Crippen LogP contribution in [0.15, 0.2) is 22.7 Å². The summed E-state index contributed by atoms with van der Waals surface area (Å²) in [5.74, 6) is 1.90. The van der Waals surface area contributed by atoms with E-state index in [1.165, 1.54) is 25.8 Å². The van der Waals surface area contributed by atoms with E-state index in [0.29, 0.717) is 29.3 Å². The molecule has 1 aromatic heterocycles. The van der Waals surface area contributed by atoms with Gasteiger partial charge in [-0.15, -0.1) is 0 Å². The maximum Gasteiger partial charge on any atom is 0.220 e. The van der Waals surface area contributed by atoms with Gasteiger partial charge in [-0.2, -0.15) is 0 Å². The smallest absolute Gasteiger partial charge is 0.220 e. The maximum absolute atomic E-state index is 12.6. The standard InChI is InChI=1S/C29H42ClN3O3/c1-29(35)13-8-21(9-14-29)18-27(34)31-24-5-2-20(3-6-24)10-15-33-16-11-22(12-17-33)28-25-7-4-23(30)19-26(25)36-32-28/h4,7,19-22,24,35H,2-3,5-6,8-18H2,1H3,(H,31,34). The van der Waals surface area contributed by atoms with Crippen molar-refractivity contribution in [1.82, 2.24) is 15.4 Å². The van der Waals surface area contributed by atoms with Gasteiger partial charge in [0.1, 0.15) is 0 Å². The number of carbonyl (C=O) groups excluding carboxylic acids is 1. The molecule has 2 N–H and O–H groups in total. The van der Waals surface area contributed by atoms with E-state index in [1.807, 2.05) is 25.1 Å². The van der Waals surface area contributed by atoms with Crippen LogP contribution in [0.3, 0.4) is 0 Å². The van der Waals surface area contributed by atoms with Gasteiger partial charge in [-0.3, -0.25) is 4.79 Å². The molecule has 2 aliphatic carbocycles. The zero-order chi connectivity index (χ0) is 25.1. The Labute approximate surface area is 220 Å². The number of nitrogens with zero attached hydrogens (tertiary/aromatic N) is 2. The molecule has 7 heteroatoms. The van der Waals surface area contributed by atoms with Crippen LogP contribution in [0.2, 0.25) is 5.02 Å². The van der Waals surface area contributed by atoms with E-state index in [-0.39, 0.29) is 5.91 Å². The Morgan fingerprint density at radius 1 is 1.11 bits per heavy atom. The molecule has 5 rings (SSSR count). The molecule has 0 unspecified atom stereocenters. The lowest BCUT2D eigenvalue weighted by atomic mass is 9.78. The van der Waals surface area contributed by atoms with Crippen LogP contribution in [0.25, 0.3) is 11.0 Å². The fourth-order valence-electron chi connectivity index (χ4n) is 6.67. The van der Waals surface area contributed by atoms with E-state index in [4.69, 9.17) is 16.1 Å². The number of benzene rings is 1. The molecule has 2 aromatic rings. The summed E-state index contributed by atoms with van der Waals surface area (Å²) in [5, 5.41) is 19.6. The van der Waals surface area contributed by atoms with E-state index < -0.39 is 5.60 Å². The number of rotatable bonds is 7. The Kier molecular flexibility index (Phi) is 8.24. The average molecular weight is 516 g/mol.